The maximum absolute atomic E-state index is 11.6. The van der Waals surface area contributed by atoms with Crippen LogP contribution in [0, 0.1) is 0 Å². The first-order valence-corrected chi connectivity index (χ1v) is 6.13. The van der Waals surface area contributed by atoms with Crippen molar-refractivity contribution in [3.8, 4) is 0 Å². The number of thiophene rings is 1. The minimum absolute atomic E-state index is 0.00264. The monoisotopic (exact) mass is 225 g/mol. The molecule has 1 aromatic heterocycles. The summed E-state index contributed by atoms with van der Waals surface area (Å²) in [5.41, 5.74) is 1.35. The van der Waals surface area contributed by atoms with E-state index in [-0.39, 0.29) is 12.5 Å². The van der Waals surface area contributed by atoms with Gasteiger partial charge in [0.2, 0.25) is 0 Å². The van der Waals surface area contributed by atoms with Crippen LogP contribution in [0.2, 0.25) is 0 Å². The van der Waals surface area contributed by atoms with Crippen molar-refractivity contribution >= 4 is 17.2 Å². The highest BCUT2D eigenvalue weighted by Crippen LogP contribution is 2.30. The fraction of sp³-hybridized carbons (Fsp3) is 0.545. The molecule has 1 aliphatic carbocycles. The smallest absolute Gasteiger partial charge is 0.261 e. The van der Waals surface area contributed by atoms with Gasteiger partial charge in [-0.2, -0.15) is 0 Å². The van der Waals surface area contributed by atoms with E-state index in [1.807, 2.05) is 6.07 Å². The minimum atomic E-state index is 0.00264. The molecule has 1 aliphatic rings. The molecule has 15 heavy (non-hydrogen) atoms. The Bertz CT molecular complexity index is 338. The Morgan fingerprint density at radius 1 is 1.53 bits per heavy atom. The number of hydrogen-bond acceptors (Lipinski definition) is 3. The molecule has 82 valence electrons. The summed E-state index contributed by atoms with van der Waals surface area (Å²) in [7, 11) is 0. The van der Waals surface area contributed by atoms with Gasteiger partial charge in [0.05, 0.1) is 4.88 Å². The predicted molar refractivity (Wildman–Crippen MR) is 60.4 cm³/mol. The first-order chi connectivity index (χ1) is 7.31. The highest BCUT2D eigenvalue weighted by molar-refractivity contribution is 7.14. The molecule has 0 spiro atoms. The van der Waals surface area contributed by atoms with Gasteiger partial charge in [0, 0.05) is 18.0 Å². The maximum atomic E-state index is 11.6. The van der Waals surface area contributed by atoms with Crippen LogP contribution in [0.15, 0.2) is 6.07 Å². The topological polar surface area (TPSA) is 49.3 Å². The molecule has 0 unspecified atom stereocenters. The summed E-state index contributed by atoms with van der Waals surface area (Å²) < 4.78 is 0. The van der Waals surface area contributed by atoms with Gasteiger partial charge < -0.3 is 10.4 Å². The molecule has 1 heterocycles. The van der Waals surface area contributed by atoms with Crippen LogP contribution in [0.3, 0.4) is 0 Å². The Morgan fingerprint density at radius 2 is 2.40 bits per heavy atom. The molecule has 0 saturated heterocycles. The van der Waals surface area contributed by atoms with Crippen LogP contribution < -0.4 is 5.32 Å². The predicted octanol–water partition coefficient (Wildman–Crippen LogP) is 1.35. The van der Waals surface area contributed by atoms with E-state index in [2.05, 4.69) is 5.32 Å². The molecular weight excluding hydrogens is 210 g/mol. The molecule has 1 aromatic rings. The van der Waals surface area contributed by atoms with Gasteiger partial charge in [0.25, 0.3) is 5.91 Å². The zero-order valence-corrected chi connectivity index (χ0v) is 9.40. The van der Waals surface area contributed by atoms with Crippen molar-refractivity contribution in [3.63, 3.8) is 0 Å². The molecule has 0 aromatic carbocycles. The highest BCUT2D eigenvalue weighted by atomic mass is 32.1. The van der Waals surface area contributed by atoms with E-state index in [9.17, 15) is 4.79 Å². The Balaban J connectivity index is 1.94. The zero-order valence-electron chi connectivity index (χ0n) is 8.58. The number of hydrogen-bond donors (Lipinski definition) is 2. The van der Waals surface area contributed by atoms with Crippen LogP contribution in [-0.4, -0.2) is 24.2 Å². The van der Waals surface area contributed by atoms with E-state index in [1.165, 1.54) is 16.9 Å². The molecule has 0 bridgehead atoms. The standard InChI is InChI=1S/C11H15NO2S/c13-6-2-5-12-11(14)10-7-8-3-1-4-9(8)15-10/h7,13H,1-6H2,(H,12,14). The van der Waals surface area contributed by atoms with Crippen molar-refractivity contribution in [2.75, 3.05) is 13.2 Å². The molecule has 0 radical (unpaired) electrons. The molecule has 0 atom stereocenters. The van der Waals surface area contributed by atoms with E-state index in [1.54, 1.807) is 11.3 Å². The van der Waals surface area contributed by atoms with Gasteiger partial charge in [-0.3, -0.25) is 4.79 Å². The lowest BCUT2D eigenvalue weighted by atomic mass is 10.2. The largest absolute Gasteiger partial charge is 0.396 e. The lowest BCUT2D eigenvalue weighted by Crippen LogP contribution is -2.24. The van der Waals surface area contributed by atoms with Crippen LogP contribution in [0.4, 0.5) is 0 Å². The molecule has 2 rings (SSSR count). The number of fused-ring (bicyclic) bond motifs is 1. The van der Waals surface area contributed by atoms with Crippen molar-refractivity contribution in [2.24, 2.45) is 0 Å². The second kappa shape index (κ2) is 4.77. The van der Waals surface area contributed by atoms with Crippen LogP contribution in [0.1, 0.15) is 33.0 Å². The van der Waals surface area contributed by atoms with Crippen LogP contribution in [0.5, 0.6) is 0 Å². The Labute approximate surface area is 93.1 Å². The van der Waals surface area contributed by atoms with Crippen molar-refractivity contribution in [1.82, 2.24) is 5.32 Å². The highest BCUT2D eigenvalue weighted by Gasteiger charge is 2.17. The average molecular weight is 225 g/mol. The summed E-state index contributed by atoms with van der Waals surface area (Å²) >= 11 is 1.61. The third-order valence-corrected chi connectivity index (χ3v) is 3.83. The fourth-order valence-corrected chi connectivity index (χ4v) is 2.98. The number of rotatable bonds is 4. The van der Waals surface area contributed by atoms with Crippen molar-refractivity contribution in [1.29, 1.82) is 0 Å². The molecule has 0 fully saturated rings. The summed E-state index contributed by atoms with van der Waals surface area (Å²) in [5, 5.41) is 11.4. The summed E-state index contributed by atoms with van der Waals surface area (Å²) in [6.07, 6.45) is 4.10. The first kappa shape index (κ1) is 10.6. The molecule has 0 aliphatic heterocycles. The SMILES string of the molecule is O=C(NCCCO)c1cc2c(s1)CCC2. The van der Waals surface area contributed by atoms with Gasteiger partial charge in [-0.05, 0) is 37.3 Å². The van der Waals surface area contributed by atoms with Crippen molar-refractivity contribution in [3.05, 3.63) is 21.4 Å². The first-order valence-electron chi connectivity index (χ1n) is 5.32. The number of aliphatic hydroxyl groups excluding tert-OH is 1. The number of aryl methyl sites for hydroxylation is 2. The third kappa shape index (κ3) is 2.38. The third-order valence-electron chi connectivity index (χ3n) is 2.59. The van der Waals surface area contributed by atoms with Gasteiger partial charge in [-0.1, -0.05) is 0 Å². The number of nitrogens with one attached hydrogen (secondary N) is 1. The Kier molecular flexibility index (Phi) is 3.38. The van der Waals surface area contributed by atoms with Gasteiger partial charge >= 0.3 is 0 Å². The summed E-state index contributed by atoms with van der Waals surface area (Å²) in [6, 6.07) is 2.02. The van der Waals surface area contributed by atoms with Gasteiger partial charge in [-0.25, -0.2) is 0 Å². The van der Waals surface area contributed by atoms with E-state index >= 15 is 0 Å². The van der Waals surface area contributed by atoms with Gasteiger partial charge in [0.15, 0.2) is 0 Å². The second-order valence-electron chi connectivity index (χ2n) is 3.75. The lowest BCUT2D eigenvalue weighted by Gasteiger charge is -2.00. The average Bonchev–Trinajstić information content (AvgIpc) is 2.76. The summed E-state index contributed by atoms with van der Waals surface area (Å²) in [5.74, 6) is 0.00264. The number of aliphatic hydroxyl groups is 1. The summed E-state index contributed by atoms with van der Waals surface area (Å²) in [6.45, 7) is 0.680. The molecule has 2 N–H and O–H groups in total. The second-order valence-corrected chi connectivity index (χ2v) is 4.88. The van der Waals surface area contributed by atoms with E-state index < -0.39 is 0 Å². The van der Waals surface area contributed by atoms with E-state index in [0.29, 0.717) is 13.0 Å². The molecule has 0 saturated carbocycles. The number of amides is 1. The van der Waals surface area contributed by atoms with Crippen molar-refractivity contribution < 1.29 is 9.90 Å². The van der Waals surface area contributed by atoms with Crippen LogP contribution in [0.25, 0.3) is 0 Å². The van der Waals surface area contributed by atoms with E-state index in [0.717, 1.165) is 17.7 Å². The Hall–Kier alpha value is -0.870. The number of carbonyl (C=O) groups excluding carboxylic acids is 1. The van der Waals surface area contributed by atoms with E-state index in [4.69, 9.17) is 5.11 Å². The van der Waals surface area contributed by atoms with Crippen LogP contribution >= 0.6 is 11.3 Å². The Morgan fingerprint density at radius 3 is 3.13 bits per heavy atom. The van der Waals surface area contributed by atoms with Crippen molar-refractivity contribution in [2.45, 2.75) is 25.7 Å². The molecule has 1 amide bonds. The zero-order chi connectivity index (χ0) is 10.7. The van der Waals surface area contributed by atoms with Crippen LogP contribution in [-0.2, 0) is 12.8 Å². The van der Waals surface area contributed by atoms with Gasteiger partial charge in [0.1, 0.15) is 0 Å². The summed E-state index contributed by atoms with van der Waals surface area (Å²) in [4.78, 5) is 13.8. The normalized spacial score (nSPS) is 13.9. The number of carbonyl (C=O) groups is 1. The molecular formula is C11H15NO2S. The fourth-order valence-electron chi connectivity index (χ4n) is 1.81. The van der Waals surface area contributed by atoms with Gasteiger partial charge in [-0.15, -0.1) is 11.3 Å². The minimum Gasteiger partial charge on any atom is -0.396 e. The quantitative estimate of drug-likeness (QED) is 0.760. The maximum Gasteiger partial charge on any atom is 0.261 e. The molecule has 4 heteroatoms. The lowest BCUT2D eigenvalue weighted by molar-refractivity contribution is 0.0955. The molecule has 3 nitrogen and oxygen atoms in total.